The maximum absolute atomic E-state index is 10.5. The topological polar surface area (TPSA) is 63.3 Å². The summed E-state index contributed by atoms with van der Waals surface area (Å²) in [6.45, 7) is 3.77. The number of aliphatic hydroxyl groups is 1. The van der Waals surface area contributed by atoms with Crippen LogP contribution in [0.3, 0.4) is 0 Å². The first-order chi connectivity index (χ1) is 11.9. The van der Waals surface area contributed by atoms with Crippen molar-refractivity contribution in [2.24, 2.45) is 4.99 Å². The first-order valence-electron chi connectivity index (χ1n) is 8.02. The molecular weight excluding hydrogens is 336 g/mol. The van der Waals surface area contributed by atoms with Gasteiger partial charge in [0.2, 0.25) is 0 Å². The van der Waals surface area contributed by atoms with Gasteiger partial charge in [-0.3, -0.25) is 9.56 Å². The molecular formula is C19H17ClN4O. The Morgan fingerprint density at radius 2 is 1.84 bits per heavy atom. The van der Waals surface area contributed by atoms with E-state index in [0.29, 0.717) is 23.2 Å². The number of halogens is 1. The number of fused-ring (bicyclic) bond motifs is 3. The van der Waals surface area contributed by atoms with Crippen LogP contribution < -0.4 is 0 Å². The summed E-state index contributed by atoms with van der Waals surface area (Å²) in [7, 11) is 0. The van der Waals surface area contributed by atoms with E-state index in [9.17, 15) is 5.11 Å². The molecule has 0 aliphatic carbocycles. The van der Waals surface area contributed by atoms with E-state index >= 15 is 0 Å². The lowest BCUT2D eigenvalue weighted by molar-refractivity contribution is 0.0666. The number of hydrogen-bond acceptors (Lipinski definition) is 4. The molecule has 1 N–H and O–H groups in total. The minimum Gasteiger partial charge on any atom is -0.382 e. The average molecular weight is 353 g/mol. The number of benzene rings is 2. The molecule has 1 aliphatic rings. The summed E-state index contributed by atoms with van der Waals surface area (Å²) in [5.41, 5.74) is 2.49. The quantitative estimate of drug-likeness (QED) is 0.767. The molecule has 4 rings (SSSR count). The van der Waals surface area contributed by atoms with Crippen molar-refractivity contribution in [1.29, 1.82) is 0 Å². The third-order valence-electron chi connectivity index (χ3n) is 4.16. The number of nitrogens with zero attached hydrogens (tertiary/aromatic N) is 4. The van der Waals surface area contributed by atoms with Gasteiger partial charge in [0.25, 0.3) is 0 Å². The Balaban J connectivity index is 2.00. The van der Waals surface area contributed by atoms with Gasteiger partial charge in [0, 0.05) is 16.1 Å². The summed E-state index contributed by atoms with van der Waals surface area (Å²) in [4.78, 5) is 4.77. The van der Waals surface area contributed by atoms with E-state index < -0.39 is 5.60 Å². The average Bonchev–Trinajstić information content (AvgIpc) is 2.94. The zero-order valence-electron chi connectivity index (χ0n) is 13.9. The first-order valence-corrected chi connectivity index (χ1v) is 8.40. The number of aliphatic imine (C=N–C) groups is 1. The van der Waals surface area contributed by atoms with Crippen molar-refractivity contribution in [2.75, 3.05) is 0 Å². The number of aromatic nitrogens is 3. The van der Waals surface area contributed by atoms with Crippen molar-refractivity contribution < 1.29 is 5.11 Å². The largest absolute Gasteiger partial charge is 0.382 e. The fraction of sp³-hybridized carbons (Fsp3) is 0.211. The molecule has 25 heavy (non-hydrogen) atoms. The molecule has 0 spiro atoms. The highest BCUT2D eigenvalue weighted by molar-refractivity contribution is 6.31. The van der Waals surface area contributed by atoms with Crippen molar-refractivity contribution in [3.63, 3.8) is 0 Å². The zero-order chi connectivity index (χ0) is 17.6. The second-order valence-corrected chi connectivity index (χ2v) is 6.96. The van der Waals surface area contributed by atoms with Crippen LogP contribution in [0.15, 0.2) is 53.5 Å². The van der Waals surface area contributed by atoms with E-state index in [-0.39, 0.29) is 0 Å². The van der Waals surface area contributed by atoms with E-state index in [2.05, 4.69) is 10.2 Å². The fourth-order valence-corrected chi connectivity index (χ4v) is 3.21. The van der Waals surface area contributed by atoms with E-state index in [1.165, 1.54) is 0 Å². The van der Waals surface area contributed by atoms with Crippen molar-refractivity contribution in [2.45, 2.75) is 26.0 Å². The van der Waals surface area contributed by atoms with E-state index in [1.807, 2.05) is 53.1 Å². The van der Waals surface area contributed by atoms with Gasteiger partial charge < -0.3 is 5.11 Å². The molecule has 2 heterocycles. The van der Waals surface area contributed by atoms with Crippen molar-refractivity contribution >= 4 is 17.3 Å². The van der Waals surface area contributed by atoms with Crippen LogP contribution in [0.2, 0.25) is 5.02 Å². The monoisotopic (exact) mass is 352 g/mol. The highest BCUT2D eigenvalue weighted by Gasteiger charge is 2.30. The fourth-order valence-electron chi connectivity index (χ4n) is 3.04. The molecule has 1 aliphatic heterocycles. The van der Waals surface area contributed by atoms with Crippen LogP contribution in [0.1, 0.15) is 36.6 Å². The molecule has 0 saturated heterocycles. The molecule has 0 amide bonds. The minimum absolute atomic E-state index is 0.375. The first kappa shape index (κ1) is 16.0. The maximum Gasteiger partial charge on any atom is 0.169 e. The Kier molecular flexibility index (Phi) is 3.71. The molecule has 3 aromatic rings. The second kappa shape index (κ2) is 5.79. The van der Waals surface area contributed by atoms with Gasteiger partial charge in [-0.15, -0.1) is 10.2 Å². The minimum atomic E-state index is -1.13. The summed E-state index contributed by atoms with van der Waals surface area (Å²) in [6.07, 6.45) is 0. The van der Waals surface area contributed by atoms with Crippen LogP contribution in [-0.2, 0) is 12.1 Å². The van der Waals surface area contributed by atoms with Gasteiger partial charge >= 0.3 is 0 Å². The van der Waals surface area contributed by atoms with Crippen molar-refractivity contribution in [1.82, 2.24) is 14.8 Å². The van der Waals surface area contributed by atoms with Crippen LogP contribution in [0.25, 0.3) is 5.69 Å². The van der Waals surface area contributed by atoms with Gasteiger partial charge in [0.1, 0.15) is 12.1 Å². The Bertz CT molecular complexity index is 971. The van der Waals surface area contributed by atoms with Gasteiger partial charge in [-0.1, -0.05) is 41.9 Å². The Morgan fingerprint density at radius 3 is 2.56 bits per heavy atom. The maximum atomic E-state index is 10.5. The Labute approximate surface area is 150 Å². The molecule has 1 aromatic heterocycles. The predicted molar refractivity (Wildman–Crippen MR) is 97.4 cm³/mol. The lowest BCUT2D eigenvalue weighted by atomic mass is 10.00. The van der Waals surface area contributed by atoms with Gasteiger partial charge in [0.05, 0.1) is 11.4 Å². The second-order valence-electron chi connectivity index (χ2n) is 6.53. The van der Waals surface area contributed by atoms with Crippen LogP contribution in [0, 0.1) is 0 Å². The van der Waals surface area contributed by atoms with E-state index in [4.69, 9.17) is 16.6 Å². The van der Waals surface area contributed by atoms with Crippen LogP contribution in [0.4, 0.5) is 0 Å². The highest BCUT2D eigenvalue weighted by Crippen LogP contribution is 2.31. The number of hydrogen-bond donors (Lipinski definition) is 1. The molecule has 126 valence electrons. The Morgan fingerprint density at radius 1 is 1.08 bits per heavy atom. The van der Waals surface area contributed by atoms with Gasteiger partial charge in [0.15, 0.2) is 11.6 Å². The molecule has 0 fully saturated rings. The number of rotatable bonds is 2. The summed E-state index contributed by atoms with van der Waals surface area (Å²) >= 11 is 6.27. The zero-order valence-corrected chi connectivity index (χ0v) is 14.7. The summed E-state index contributed by atoms with van der Waals surface area (Å²) in [5, 5.41) is 19.6. The highest BCUT2D eigenvalue weighted by atomic mass is 35.5. The summed E-state index contributed by atoms with van der Waals surface area (Å²) < 4.78 is 1.88. The smallest absolute Gasteiger partial charge is 0.169 e. The Hall–Kier alpha value is -2.50. The third kappa shape index (κ3) is 2.75. The van der Waals surface area contributed by atoms with Gasteiger partial charge in [-0.05, 0) is 32.0 Å². The van der Waals surface area contributed by atoms with Crippen molar-refractivity contribution in [3.8, 4) is 5.69 Å². The lowest BCUT2D eigenvalue weighted by Gasteiger charge is -2.20. The molecule has 0 saturated carbocycles. The lowest BCUT2D eigenvalue weighted by Crippen LogP contribution is -2.22. The third-order valence-corrected chi connectivity index (χ3v) is 4.39. The SMILES string of the molecule is CC(C)(O)c1nnc2n1-c1ccc(Cl)cc1C(c1ccccc1)=NC2. The summed E-state index contributed by atoms with van der Waals surface area (Å²) in [5.74, 6) is 1.17. The summed E-state index contributed by atoms with van der Waals surface area (Å²) in [6, 6.07) is 15.6. The van der Waals surface area contributed by atoms with Crippen LogP contribution >= 0.6 is 11.6 Å². The van der Waals surface area contributed by atoms with Gasteiger partial charge in [-0.2, -0.15) is 0 Å². The molecule has 0 radical (unpaired) electrons. The normalized spacial score (nSPS) is 13.7. The van der Waals surface area contributed by atoms with E-state index in [0.717, 1.165) is 22.5 Å². The molecule has 6 heteroatoms. The van der Waals surface area contributed by atoms with Crippen molar-refractivity contribution in [3.05, 3.63) is 76.3 Å². The molecule has 0 atom stereocenters. The van der Waals surface area contributed by atoms with Crippen LogP contribution in [0.5, 0.6) is 0 Å². The molecule has 0 bridgehead atoms. The van der Waals surface area contributed by atoms with Gasteiger partial charge in [-0.25, -0.2) is 0 Å². The molecule has 2 aromatic carbocycles. The standard InChI is InChI=1S/C19H17ClN4O/c1-19(2,25)18-23-22-16-11-21-17(12-6-4-3-5-7-12)14-10-13(20)8-9-15(14)24(16)18/h3-10,25H,11H2,1-2H3. The molecule has 0 unspecified atom stereocenters. The van der Waals surface area contributed by atoms with E-state index in [1.54, 1.807) is 13.8 Å². The predicted octanol–water partition coefficient (Wildman–Crippen LogP) is 3.50. The van der Waals surface area contributed by atoms with Crippen LogP contribution in [-0.4, -0.2) is 25.6 Å². The molecule has 5 nitrogen and oxygen atoms in total.